The molecule has 3 heteroatoms. The van der Waals surface area contributed by atoms with Crippen molar-refractivity contribution in [3.05, 3.63) is 48.0 Å². The van der Waals surface area contributed by atoms with Crippen molar-refractivity contribution in [3.63, 3.8) is 0 Å². The lowest BCUT2D eigenvalue weighted by molar-refractivity contribution is 0.132. The molecule has 0 unspecified atom stereocenters. The molecule has 0 saturated carbocycles. The molecule has 0 N–H and O–H groups in total. The smallest absolute Gasteiger partial charge is 0.0491 e. The minimum Gasteiger partial charge on any atom is -0.341 e. The quantitative estimate of drug-likeness (QED) is 0.721. The molecule has 3 aromatic rings. The van der Waals surface area contributed by atoms with Gasteiger partial charge in [-0.25, -0.2) is 0 Å². The van der Waals surface area contributed by atoms with Crippen LogP contribution >= 0.6 is 0 Å². The second-order valence-corrected chi connectivity index (χ2v) is 6.82. The minimum atomic E-state index is 1.02. The van der Waals surface area contributed by atoms with Crippen LogP contribution in [-0.4, -0.2) is 47.1 Å². The van der Waals surface area contributed by atoms with Gasteiger partial charge in [-0.1, -0.05) is 31.2 Å². The van der Waals surface area contributed by atoms with Gasteiger partial charge in [0.25, 0.3) is 0 Å². The lowest BCUT2D eigenvalue weighted by Gasteiger charge is -2.34. The second-order valence-electron chi connectivity index (χ2n) is 6.82. The number of piperazine rings is 1. The fourth-order valence-corrected chi connectivity index (χ4v) is 4.06. The van der Waals surface area contributed by atoms with E-state index in [1.807, 2.05) is 0 Å². The van der Waals surface area contributed by atoms with Crippen LogP contribution in [0.1, 0.15) is 19.4 Å². The first-order chi connectivity index (χ1) is 11.8. The summed E-state index contributed by atoms with van der Waals surface area (Å²) >= 11 is 0. The normalized spacial score (nSPS) is 17.1. The van der Waals surface area contributed by atoms with Crippen LogP contribution in [0.5, 0.6) is 0 Å². The average molecular weight is 321 g/mol. The summed E-state index contributed by atoms with van der Waals surface area (Å²) in [7, 11) is 0. The van der Waals surface area contributed by atoms with Gasteiger partial charge in [-0.15, -0.1) is 0 Å². The van der Waals surface area contributed by atoms with E-state index in [4.69, 9.17) is 0 Å². The van der Waals surface area contributed by atoms with Crippen LogP contribution in [0.25, 0.3) is 21.8 Å². The highest BCUT2D eigenvalue weighted by atomic mass is 15.3. The second kappa shape index (κ2) is 6.58. The molecule has 1 saturated heterocycles. The first-order valence-corrected chi connectivity index (χ1v) is 9.24. The molecule has 24 heavy (non-hydrogen) atoms. The lowest BCUT2D eigenvalue weighted by atomic mass is 10.1. The number of likely N-dealkylation sites (N-methyl/N-ethyl adjacent to an activating group) is 1. The fourth-order valence-electron chi connectivity index (χ4n) is 4.06. The first kappa shape index (κ1) is 15.7. The number of benzene rings is 2. The van der Waals surface area contributed by atoms with Gasteiger partial charge in [-0.3, -0.25) is 4.90 Å². The molecule has 0 bridgehead atoms. The molecule has 1 aliphatic heterocycles. The van der Waals surface area contributed by atoms with Crippen molar-refractivity contribution >= 4 is 21.8 Å². The molecule has 126 valence electrons. The highest BCUT2D eigenvalue weighted by molar-refractivity contribution is 6.08. The minimum absolute atomic E-state index is 1.02. The maximum Gasteiger partial charge on any atom is 0.0491 e. The highest BCUT2D eigenvalue weighted by Crippen LogP contribution is 2.30. The Morgan fingerprint density at radius 2 is 1.46 bits per heavy atom. The molecular weight excluding hydrogens is 294 g/mol. The Balaban J connectivity index is 1.65. The monoisotopic (exact) mass is 321 g/mol. The van der Waals surface area contributed by atoms with Crippen LogP contribution < -0.4 is 0 Å². The van der Waals surface area contributed by atoms with E-state index in [1.165, 1.54) is 60.1 Å². The third kappa shape index (κ3) is 2.72. The zero-order valence-electron chi connectivity index (χ0n) is 14.8. The van der Waals surface area contributed by atoms with Gasteiger partial charge in [0.05, 0.1) is 0 Å². The number of aryl methyl sites for hydroxylation is 1. The third-order valence-electron chi connectivity index (χ3n) is 5.47. The van der Waals surface area contributed by atoms with E-state index in [2.05, 4.69) is 70.7 Å². The van der Waals surface area contributed by atoms with E-state index in [-0.39, 0.29) is 0 Å². The number of nitrogens with zero attached hydrogens (tertiary/aromatic N) is 3. The number of para-hydroxylation sites is 1. The first-order valence-electron chi connectivity index (χ1n) is 9.24. The summed E-state index contributed by atoms with van der Waals surface area (Å²) < 4.78 is 2.43. The lowest BCUT2D eigenvalue weighted by Crippen LogP contribution is -2.45. The Labute approximate surface area is 144 Å². The summed E-state index contributed by atoms with van der Waals surface area (Å²) in [6.07, 6.45) is 0. The summed E-state index contributed by atoms with van der Waals surface area (Å²) in [5, 5.41) is 2.78. The molecule has 0 aliphatic carbocycles. The van der Waals surface area contributed by atoms with Crippen LogP contribution in [-0.2, 0) is 13.1 Å². The number of hydrogen-bond donors (Lipinski definition) is 0. The molecule has 1 aliphatic rings. The molecule has 2 heterocycles. The highest BCUT2D eigenvalue weighted by Gasteiger charge is 2.16. The molecular formula is C21H27N3. The standard InChI is InChI=1S/C21H27N3/c1-3-22-11-13-23(14-12-22)16-17-9-10-21-19(15-17)18-7-5-6-8-20(18)24(21)4-2/h5-10,15H,3-4,11-14,16H2,1-2H3. The largest absolute Gasteiger partial charge is 0.341 e. The van der Waals surface area contributed by atoms with Gasteiger partial charge in [-0.2, -0.15) is 0 Å². The van der Waals surface area contributed by atoms with E-state index < -0.39 is 0 Å². The van der Waals surface area contributed by atoms with Crippen LogP contribution in [0.15, 0.2) is 42.5 Å². The van der Waals surface area contributed by atoms with Gasteiger partial charge in [0.2, 0.25) is 0 Å². The van der Waals surface area contributed by atoms with Crippen LogP contribution in [0.3, 0.4) is 0 Å². The van der Waals surface area contributed by atoms with Gasteiger partial charge >= 0.3 is 0 Å². The Morgan fingerprint density at radius 1 is 0.750 bits per heavy atom. The Kier molecular flexibility index (Phi) is 4.30. The molecule has 2 aromatic carbocycles. The molecule has 0 atom stereocenters. The summed E-state index contributed by atoms with van der Waals surface area (Å²) in [4.78, 5) is 5.13. The zero-order valence-corrected chi connectivity index (χ0v) is 14.8. The summed E-state index contributed by atoms with van der Waals surface area (Å²) in [5.41, 5.74) is 4.15. The molecule has 3 nitrogen and oxygen atoms in total. The molecule has 0 radical (unpaired) electrons. The van der Waals surface area contributed by atoms with Crippen molar-refractivity contribution < 1.29 is 0 Å². The number of aromatic nitrogens is 1. The average Bonchev–Trinajstić information content (AvgIpc) is 2.95. The van der Waals surface area contributed by atoms with Crippen molar-refractivity contribution in [2.75, 3.05) is 32.7 Å². The van der Waals surface area contributed by atoms with Crippen molar-refractivity contribution in [1.82, 2.24) is 14.4 Å². The summed E-state index contributed by atoms with van der Waals surface area (Å²) in [6, 6.07) is 15.8. The van der Waals surface area contributed by atoms with Crippen molar-refractivity contribution in [3.8, 4) is 0 Å². The third-order valence-corrected chi connectivity index (χ3v) is 5.47. The van der Waals surface area contributed by atoms with Crippen molar-refractivity contribution in [1.29, 1.82) is 0 Å². The van der Waals surface area contributed by atoms with Crippen LogP contribution in [0.2, 0.25) is 0 Å². The Morgan fingerprint density at radius 3 is 2.21 bits per heavy atom. The van der Waals surface area contributed by atoms with E-state index in [0.717, 1.165) is 13.1 Å². The number of hydrogen-bond acceptors (Lipinski definition) is 2. The van der Waals surface area contributed by atoms with Crippen molar-refractivity contribution in [2.45, 2.75) is 26.9 Å². The number of fused-ring (bicyclic) bond motifs is 3. The van der Waals surface area contributed by atoms with Gasteiger partial charge in [-0.05, 0) is 37.2 Å². The fraction of sp³-hybridized carbons (Fsp3) is 0.429. The number of rotatable bonds is 4. The van der Waals surface area contributed by atoms with E-state index in [0.29, 0.717) is 0 Å². The van der Waals surface area contributed by atoms with E-state index in [9.17, 15) is 0 Å². The molecule has 0 spiro atoms. The Hall–Kier alpha value is -1.84. The molecule has 0 amide bonds. The Bertz CT molecular complexity index is 841. The van der Waals surface area contributed by atoms with E-state index in [1.54, 1.807) is 0 Å². The van der Waals surface area contributed by atoms with E-state index >= 15 is 0 Å². The van der Waals surface area contributed by atoms with Crippen LogP contribution in [0.4, 0.5) is 0 Å². The predicted molar refractivity (Wildman–Crippen MR) is 103 cm³/mol. The topological polar surface area (TPSA) is 11.4 Å². The van der Waals surface area contributed by atoms with Gasteiger partial charge < -0.3 is 9.47 Å². The SMILES string of the molecule is CCN1CCN(Cc2ccc3c(c2)c2ccccc2n3CC)CC1. The molecule has 1 aromatic heterocycles. The van der Waals surface area contributed by atoms with Crippen LogP contribution in [0, 0.1) is 0 Å². The maximum atomic E-state index is 2.59. The maximum absolute atomic E-state index is 2.59. The van der Waals surface area contributed by atoms with Gasteiger partial charge in [0, 0.05) is 61.1 Å². The van der Waals surface area contributed by atoms with Gasteiger partial charge in [0.1, 0.15) is 0 Å². The molecule has 1 fully saturated rings. The summed E-state index contributed by atoms with van der Waals surface area (Å²) in [5.74, 6) is 0. The summed E-state index contributed by atoms with van der Waals surface area (Å²) in [6.45, 7) is 12.5. The zero-order chi connectivity index (χ0) is 16.5. The van der Waals surface area contributed by atoms with Crippen molar-refractivity contribution in [2.24, 2.45) is 0 Å². The molecule has 4 rings (SSSR count). The predicted octanol–water partition coefficient (Wildman–Crippen LogP) is 3.95. The van der Waals surface area contributed by atoms with Gasteiger partial charge in [0.15, 0.2) is 0 Å².